The Morgan fingerprint density at radius 1 is 1.35 bits per heavy atom. The van der Waals surface area contributed by atoms with Crippen LogP contribution in [0, 0.1) is 0 Å². The van der Waals surface area contributed by atoms with Crippen molar-refractivity contribution >= 4 is 11.6 Å². The van der Waals surface area contributed by atoms with Gasteiger partial charge in [-0.25, -0.2) is 0 Å². The number of carbonyl (C=O) groups is 1. The van der Waals surface area contributed by atoms with Gasteiger partial charge in [0.2, 0.25) is 5.91 Å². The first kappa shape index (κ1) is 17.1. The Bertz CT molecular complexity index is 733. The fourth-order valence-corrected chi connectivity index (χ4v) is 4.14. The largest absolute Gasteiger partial charge is 0.367 e. The minimum Gasteiger partial charge on any atom is -0.367 e. The molecule has 26 heavy (non-hydrogen) atoms. The van der Waals surface area contributed by atoms with Crippen molar-refractivity contribution in [3.05, 3.63) is 30.9 Å². The maximum absolute atomic E-state index is 13.3. The third-order valence-corrected chi connectivity index (χ3v) is 5.61. The highest BCUT2D eigenvalue weighted by molar-refractivity contribution is 5.85. The van der Waals surface area contributed by atoms with E-state index in [1.165, 1.54) is 0 Å². The number of rotatable bonds is 4. The zero-order chi connectivity index (χ0) is 18.0. The van der Waals surface area contributed by atoms with E-state index in [-0.39, 0.29) is 11.9 Å². The van der Waals surface area contributed by atoms with Crippen LogP contribution in [-0.4, -0.2) is 57.7 Å². The van der Waals surface area contributed by atoms with Gasteiger partial charge in [-0.2, -0.15) is 10.2 Å². The molecule has 0 aliphatic carbocycles. The summed E-state index contributed by atoms with van der Waals surface area (Å²) in [6.45, 7) is 3.50. The van der Waals surface area contributed by atoms with Crippen molar-refractivity contribution in [2.75, 3.05) is 31.1 Å². The number of aryl methyl sites for hydroxylation is 1. The number of anilines is 1. The lowest BCUT2D eigenvalue weighted by Crippen LogP contribution is -2.58. The monoisotopic (exact) mass is 357 g/mol. The Morgan fingerprint density at radius 2 is 2.19 bits per heavy atom. The molecule has 0 spiro atoms. The molecule has 8 heteroatoms. The van der Waals surface area contributed by atoms with Crippen molar-refractivity contribution in [3.8, 4) is 0 Å². The molecule has 2 fully saturated rings. The van der Waals surface area contributed by atoms with Gasteiger partial charge < -0.3 is 15.5 Å². The SMILES string of the molecule is Cn1cc(N2CCCC(NC(=O)C3(n4cccn4)CCNCC3)C2)cn1. The van der Waals surface area contributed by atoms with Crippen molar-refractivity contribution in [1.29, 1.82) is 0 Å². The van der Waals surface area contributed by atoms with Gasteiger partial charge in [-0.05, 0) is 44.8 Å². The van der Waals surface area contributed by atoms with Crippen LogP contribution in [0.3, 0.4) is 0 Å². The summed E-state index contributed by atoms with van der Waals surface area (Å²) < 4.78 is 3.67. The predicted octanol–water partition coefficient (Wildman–Crippen LogP) is 0.481. The van der Waals surface area contributed by atoms with Gasteiger partial charge >= 0.3 is 0 Å². The number of aromatic nitrogens is 4. The maximum Gasteiger partial charge on any atom is 0.248 e. The van der Waals surface area contributed by atoms with Gasteiger partial charge in [-0.15, -0.1) is 0 Å². The Labute approximate surface area is 153 Å². The second-order valence-corrected chi connectivity index (χ2v) is 7.36. The molecule has 0 aromatic carbocycles. The van der Waals surface area contributed by atoms with Gasteiger partial charge in [0, 0.05) is 44.8 Å². The van der Waals surface area contributed by atoms with E-state index in [4.69, 9.17) is 0 Å². The molecule has 4 rings (SSSR count). The van der Waals surface area contributed by atoms with Gasteiger partial charge in [0.05, 0.1) is 11.9 Å². The fourth-order valence-electron chi connectivity index (χ4n) is 4.14. The van der Waals surface area contributed by atoms with Crippen LogP contribution < -0.4 is 15.5 Å². The average molecular weight is 357 g/mol. The Kier molecular flexibility index (Phi) is 4.67. The van der Waals surface area contributed by atoms with Crippen LogP contribution in [-0.2, 0) is 17.4 Å². The summed E-state index contributed by atoms with van der Waals surface area (Å²) in [5, 5.41) is 15.3. The molecule has 1 unspecified atom stereocenters. The second-order valence-electron chi connectivity index (χ2n) is 7.36. The number of nitrogens with one attached hydrogen (secondary N) is 2. The first-order chi connectivity index (χ1) is 12.7. The van der Waals surface area contributed by atoms with Crippen molar-refractivity contribution in [1.82, 2.24) is 30.2 Å². The van der Waals surface area contributed by atoms with E-state index < -0.39 is 5.54 Å². The van der Waals surface area contributed by atoms with Crippen LogP contribution in [0.25, 0.3) is 0 Å². The first-order valence-electron chi connectivity index (χ1n) is 9.43. The van der Waals surface area contributed by atoms with Gasteiger partial charge in [-0.1, -0.05) is 0 Å². The highest BCUT2D eigenvalue weighted by atomic mass is 16.2. The van der Waals surface area contributed by atoms with E-state index >= 15 is 0 Å². The molecule has 4 heterocycles. The Balaban J connectivity index is 1.47. The molecule has 0 saturated carbocycles. The number of carbonyl (C=O) groups excluding carboxylic acids is 1. The number of hydrogen-bond donors (Lipinski definition) is 2. The third-order valence-electron chi connectivity index (χ3n) is 5.61. The minimum absolute atomic E-state index is 0.0979. The molecular weight excluding hydrogens is 330 g/mol. The summed E-state index contributed by atoms with van der Waals surface area (Å²) in [6, 6.07) is 2.04. The van der Waals surface area contributed by atoms with Gasteiger partial charge in [0.25, 0.3) is 0 Å². The van der Waals surface area contributed by atoms with Crippen LogP contribution in [0.15, 0.2) is 30.9 Å². The van der Waals surface area contributed by atoms with Crippen LogP contribution >= 0.6 is 0 Å². The van der Waals surface area contributed by atoms with Crippen molar-refractivity contribution < 1.29 is 4.79 Å². The van der Waals surface area contributed by atoms with E-state index in [9.17, 15) is 4.79 Å². The predicted molar refractivity (Wildman–Crippen MR) is 98.9 cm³/mol. The third kappa shape index (κ3) is 3.21. The molecule has 0 bridgehead atoms. The van der Waals surface area contributed by atoms with Crippen molar-refractivity contribution in [3.63, 3.8) is 0 Å². The number of hydrogen-bond acceptors (Lipinski definition) is 5. The highest BCUT2D eigenvalue weighted by Gasteiger charge is 2.43. The summed E-state index contributed by atoms with van der Waals surface area (Å²) in [4.78, 5) is 15.6. The molecule has 2 aliphatic rings. The molecule has 2 aromatic rings. The van der Waals surface area contributed by atoms with E-state index in [1.807, 2.05) is 41.1 Å². The molecule has 0 radical (unpaired) electrons. The molecule has 2 saturated heterocycles. The fraction of sp³-hybridized carbons (Fsp3) is 0.611. The molecular formula is C18H27N7O. The smallest absolute Gasteiger partial charge is 0.248 e. The Morgan fingerprint density at radius 3 is 2.88 bits per heavy atom. The topological polar surface area (TPSA) is 80.0 Å². The zero-order valence-corrected chi connectivity index (χ0v) is 15.3. The molecule has 2 N–H and O–H groups in total. The molecule has 2 aromatic heterocycles. The van der Waals surface area contributed by atoms with Gasteiger partial charge in [-0.3, -0.25) is 14.2 Å². The standard InChI is InChI=1S/C18H27N7O/c1-23-14-16(12-21-23)24-10-2-4-15(13-24)22-17(26)18(5-8-19-9-6-18)25-11-3-7-20-25/h3,7,11-12,14-15,19H,2,4-6,8-10,13H2,1H3,(H,22,26). The normalized spacial score (nSPS) is 23.0. The number of piperidine rings is 2. The summed E-state index contributed by atoms with van der Waals surface area (Å²) in [6.07, 6.45) is 11.2. The average Bonchev–Trinajstić information content (AvgIpc) is 3.34. The minimum atomic E-state index is -0.578. The van der Waals surface area contributed by atoms with Gasteiger partial charge in [0.15, 0.2) is 0 Å². The molecule has 1 amide bonds. The summed E-state index contributed by atoms with van der Waals surface area (Å²) >= 11 is 0. The summed E-state index contributed by atoms with van der Waals surface area (Å²) in [7, 11) is 1.93. The van der Waals surface area contributed by atoms with Crippen molar-refractivity contribution in [2.45, 2.75) is 37.3 Å². The van der Waals surface area contributed by atoms with Crippen LogP contribution in [0.4, 0.5) is 5.69 Å². The number of nitrogens with zero attached hydrogens (tertiary/aromatic N) is 5. The van der Waals surface area contributed by atoms with E-state index in [0.29, 0.717) is 0 Å². The lowest BCUT2D eigenvalue weighted by atomic mass is 9.86. The molecule has 1 atom stereocenters. The number of amides is 1. The van der Waals surface area contributed by atoms with E-state index in [0.717, 1.165) is 57.5 Å². The first-order valence-corrected chi connectivity index (χ1v) is 9.43. The lowest BCUT2D eigenvalue weighted by Gasteiger charge is -2.39. The highest BCUT2D eigenvalue weighted by Crippen LogP contribution is 2.28. The zero-order valence-electron chi connectivity index (χ0n) is 15.3. The molecule has 2 aliphatic heterocycles. The second kappa shape index (κ2) is 7.11. The van der Waals surface area contributed by atoms with Gasteiger partial charge in [0.1, 0.15) is 5.54 Å². The van der Waals surface area contributed by atoms with Crippen LogP contribution in [0.1, 0.15) is 25.7 Å². The maximum atomic E-state index is 13.3. The van der Waals surface area contributed by atoms with Crippen LogP contribution in [0.5, 0.6) is 0 Å². The van der Waals surface area contributed by atoms with Crippen LogP contribution in [0.2, 0.25) is 0 Å². The van der Waals surface area contributed by atoms with Crippen molar-refractivity contribution in [2.24, 2.45) is 7.05 Å². The quantitative estimate of drug-likeness (QED) is 0.832. The Hall–Kier alpha value is -2.35. The van der Waals surface area contributed by atoms with E-state index in [2.05, 4.69) is 25.7 Å². The summed E-state index contributed by atoms with van der Waals surface area (Å²) in [5.41, 5.74) is 0.542. The lowest BCUT2D eigenvalue weighted by molar-refractivity contribution is -0.132. The van der Waals surface area contributed by atoms with E-state index in [1.54, 1.807) is 6.20 Å². The summed E-state index contributed by atoms with van der Waals surface area (Å²) in [5.74, 6) is 0.0979. The molecule has 8 nitrogen and oxygen atoms in total. The molecule has 140 valence electrons.